The topological polar surface area (TPSA) is 96.3 Å². The van der Waals surface area contributed by atoms with Crippen LogP contribution in [0.4, 0.5) is 0 Å². The van der Waals surface area contributed by atoms with Gasteiger partial charge in [0.05, 0.1) is 22.6 Å². The minimum Gasteiger partial charge on any atom is -0.365 e. The van der Waals surface area contributed by atoms with Crippen LogP contribution in [0.1, 0.15) is 43.7 Å². The maximum absolute atomic E-state index is 12.5. The van der Waals surface area contributed by atoms with Gasteiger partial charge in [-0.2, -0.15) is 5.26 Å². The molecule has 7 heteroatoms. The summed E-state index contributed by atoms with van der Waals surface area (Å²) in [6.45, 7) is 3.62. The number of fused-ring (bicyclic) bond motifs is 1. The molecule has 1 aliphatic heterocycles. The molecule has 134 valence electrons. The van der Waals surface area contributed by atoms with Crippen LogP contribution in [-0.2, 0) is 19.6 Å². The van der Waals surface area contributed by atoms with Crippen LogP contribution in [0.5, 0.6) is 0 Å². The standard InChI is InChI=1S/C18H22N2O4S/c1-11-9-14(8-7-13(11)10-19)25(22,23)20-18(21)17-12(2)15-5-3-4-6-16(15)24-17/h7-9,12,15-17H,3-6H2,1-2H3,(H,20,21)/t12-,15+,16+,17+/m0/s1. The Kier molecular flexibility index (Phi) is 4.85. The third kappa shape index (κ3) is 3.42. The van der Waals surface area contributed by atoms with Gasteiger partial charge in [-0.1, -0.05) is 19.8 Å². The van der Waals surface area contributed by atoms with E-state index < -0.39 is 22.0 Å². The van der Waals surface area contributed by atoms with Crippen LogP contribution in [0, 0.1) is 30.1 Å². The van der Waals surface area contributed by atoms with E-state index >= 15 is 0 Å². The van der Waals surface area contributed by atoms with Crippen molar-refractivity contribution < 1.29 is 17.9 Å². The van der Waals surface area contributed by atoms with Crippen molar-refractivity contribution >= 4 is 15.9 Å². The van der Waals surface area contributed by atoms with Crippen molar-refractivity contribution in [2.24, 2.45) is 11.8 Å². The summed E-state index contributed by atoms with van der Waals surface area (Å²) < 4.78 is 33.0. The average Bonchev–Trinajstić information content (AvgIpc) is 2.92. The summed E-state index contributed by atoms with van der Waals surface area (Å²) in [6, 6.07) is 6.16. The number of aryl methyl sites for hydroxylation is 1. The molecule has 1 aromatic carbocycles. The summed E-state index contributed by atoms with van der Waals surface area (Å²) in [5.41, 5.74) is 0.955. The first-order valence-corrected chi connectivity index (χ1v) is 10.0. The molecule has 1 saturated heterocycles. The molecule has 0 spiro atoms. The number of nitriles is 1. The molecule has 1 saturated carbocycles. The van der Waals surface area contributed by atoms with Gasteiger partial charge in [0.25, 0.3) is 15.9 Å². The van der Waals surface area contributed by atoms with Gasteiger partial charge in [0, 0.05) is 0 Å². The van der Waals surface area contributed by atoms with Gasteiger partial charge in [0.2, 0.25) is 0 Å². The summed E-state index contributed by atoms with van der Waals surface area (Å²) in [6.07, 6.45) is 3.50. The Balaban J connectivity index is 1.76. The zero-order valence-electron chi connectivity index (χ0n) is 14.4. The van der Waals surface area contributed by atoms with Gasteiger partial charge in [-0.05, 0) is 55.4 Å². The van der Waals surface area contributed by atoms with Gasteiger partial charge >= 0.3 is 0 Å². The van der Waals surface area contributed by atoms with Crippen molar-refractivity contribution in [3.63, 3.8) is 0 Å². The van der Waals surface area contributed by atoms with E-state index in [2.05, 4.69) is 4.72 Å². The maximum atomic E-state index is 12.5. The molecule has 1 heterocycles. The molecule has 3 rings (SSSR count). The molecule has 0 unspecified atom stereocenters. The third-order valence-electron chi connectivity index (χ3n) is 5.35. The van der Waals surface area contributed by atoms with E-state index in [4.69, 9.17) is 10.00 Å². The number of ether oxygens (including phenoxy) is 1. The van der Waals surface area contributed by atoms with E-state index in [1.54, 1.807) is 6.92 Å². The monoisotopic (exact) mass is 362 g/mol. The number of rotatable bonds is 3. The van der Waals surface area contributed by atoms with Crippen LogP contribution in [-0.4, -0.2) is 26.5 Å². The van der Waals surface area contributed by atoms with E-state index in [0.29, 0.717) is 17.0 Å². The molecule has 1 aromatic rings. The Bertz CT molecular complexity index is 828. The molecule has 6 nitrogen and oxygen atoms in total. The van der Waals surface area contributed by atoms with Crippen molar-refractivity contribution in [3.05, 3.63) is 29.3 Å². The molecule has 1 amide bonds. The van der Waals surface area contributed by atoms with E-state index in [9.17, 15) is 13.2 Å². The van der Waals surface area contributed by atoms with E-state index in [1.165, 1.54) is 18.2 Å². The second-order valence-corrected chi connectivity index (χ2v) is 8.64. The van der Waals surface area contributed by atoms with Crippen molar-refractivity contribution in [3.8, 4) is 6.07 Å². The van der Waals surface area contributed by atoms with Gasteiger partial charge in [-0.15, -0.1) is 0 Å². The number of amides is 1. The highest BCUT2D eigenvalue weighted by Gasteiger charge is 2.46. The Morgan fingerprint density at radius 1 is 1.32 bits per heavy atom. The number of hydrogen-bond acceptors (Lipinski definition) is 5. The smallest absolute Gasteiger partial charge is 0.264 e. The summed E-state index contributed by atoms with van der Waals surface area (Å²) in [4.78, 5) is 12.5. The zero-order valence-corrected chi connectivity index (χ0v) is 15.2. The van der Waals surface area contributed by atoms with E-state index in [-0.39, 0.29) is 16.9 Å². The average molecular weight is 362 g/mol. The quantitative estimate of drug-likeness (QED) is 0.890. The lowest BCUT2D eigenvalue weighted by Crippen LogP contribution is -2.41. The van der Waals surface area contributed by atoms with Crippen LogP contribution in [0.3, 0.4) is 0 Å². The highest BCUT2D eigenvalue weighted by Crippen LogP contribution is 2.41. The zero-order chi connectivity index (χ0) is 18.2. The second kappa shape index (κ2) is 6.77. The van der Waals surface area contributed by atoms with Crippen molar-refractivity contribution in [1.29, 1.82) is 5.26 Å². The van der Waals surface area contributed by atoms with E-state index in [1.807, 2.05) is 13.0 Å². The van der Waals surface area contributed by atoms with Gasteiger partial charge in [-0.3, -0.25) is 4.79 Å². The fraction of sp³-hybridized carbons (Fsp3) is 0.556. The summed E-state index contributed by atoms with van der Waals surface area (Å²) in [7, 11) is -3.99. The largest absolute Gasteiger partial charge is 0.365 e. The Morgan fingerprint density at radius 2 is 2.04 bits per heavy atom. The number of sulfonamides is 1. The molecule has 0 radical (unpaired) electrons. The molecule has 0 bridgehead atoms. The lowest BCUT2D eigenvalue weighted by Gasteiger charge is -2.25. The van der Waals surface area contributed by atoms with Gasteiger partial charge in [0.15, 0.2) is 0 Å². The first-order chi connectivity index (χ1) is 11.8. The Hall–Kier alpha value is -1.91. The summed E-state index contributed by atoms with van der Waals surface area (Å²) in [5.74, 6) is -0.281. The van der Waals surface area contributed by atoms with Gasteiger partial charge in [-0.25, -0.2) is 13.1 Å². The molecule has 25 heavy (non-hydrogen) atoms. The van der Waals surface area contributed by atoms with Gasteiger partial charge in [0.1, 0.15) is 6.10 Å². The Morgan fingerprint density at radius 3 is 2.68 bits per heavy atom. The highest BCUT2D eigenvalue weighted by molar-refractivity contribution is 7.90. The van der Waals surface area contributed by atoms with Crippen molar-refractivity contribution in [2.45, 2.75) is 56.6 Å². The number of carbonyl (C=O) groups excluding carboxylic acids is 1. The molecule has 0 aromatic heterocycles. The van der Waals surface area contributed by atoms with Gasteiger partial charge < -0.3 is 4.74 Å². The van der Waals surface area contributed by atoms with Crippen molar-refractivity contribution in [2.75, 3.05) is 0 Å². The molecule has 4 atom stereocenters. The predicted octanol–water partition coefficient (Wildman–Crippen LogP) is 2.27. The lowest BCUT2D eigenvalue weighted by atomic mass is 9.79. The molecular formula is C18H22N2O4S. The maximum Gasteiger partial charge on any atom is 0.264 e. The van der Waals surface area contributed by atoms with Crippen LogP contribution in [0.2, 0.25) is 0 Å². The molecule has 2 fully saturated rings. The number of benzene rings is 1. The van der Waals surface area contributed by atoms with Crippen LogP contribution >= 0.6 is 0 Å². The van der Waals surface area contributed by atoms with Crippen LogP contribution in [0.25, 0.3) is 0 Å². The number of nitrogens with zero attached hydrogens (tertiary/aromatic N) is 1. The fourth-order valence-corrected chi connectivity index (χ4v) is 4.99. The summed E-state index contributed by atoms with van der Waals surface area (Å²) >= 11 is 0. The minimum atomic E-state index is -3.99. The third-order valence-corrected chi connectivity index (χ3v) is 6.69. The second-order valence-electron chi connectivity index (χ2n) is 6.96. The van der Waals surface area contributed by atoms with E-state index in [0.717, 1.165) is 25.7 Å². The first kappa shape index (κ1) is 17.9. The number of nitrogens with one attached hydrogen (secondary N) is 1. The Labute approximate surface area is 148 Å². The predicted molar refractivity (Wildman–Crippen MR) is 91.0 cm³/mol. The summed E-state index contributed by atoms with van der Waals surface area (Å²) in [5, 5.41) is 8.95. The lowest BCUT2D eigenvalue weighted by molar-refractivity contribution is -0.131. The van der Waals surface area contributed by atoms with Crippen LogP contribution < -0.4 is 4.72 Å². The number of hydrogen-bond donors (Lipinski definition) is 1. The normalized spacial score (nSPS) is 28.8. The molecule has 1 N–H and O–H groups in total. The highest BCUT2D eigenvalue weighted by atomic mass is 32.2. The molecular weight excluding hydrogens is 340 g/mol. The minimum absolute atomic E-state index is 0.00296. The van der Waals surface area contributed by atoms with Crippen molar-refractivity contribution in [1.82, 2.24) is 4.72 Å². The fourth-order valence-electron chi connectivity index (χ4n) is 3.91. The first-order valence-electron chi connectivity index (χ1n) is 8.56. The molecule has 1 aliphatic carbocycles. The molecule has 2 aliphatic rings. The SMILES string of the molecule is Cc1cc(S(=O)(=O)NC(=O)[C@@H]2O[C@@H]3CCCC[C@@H]3[C@@H]2C)ccc1C#N. The number of carbonyl (C=O) groups is 1. The van der Waals surface area contributed by atoms with Crippen LogP contribution in [0.15, 0.2) is 23.1 Å².